The van der Waals surface area contributed by atoms with Crippen LogP contribution in [0.4, 0.5) is 0 Å². The summed E-state index contributed by atoms with van der Waals surface area (Å²) < 4.78 is 9.63. The van der Waals surface area contributed by atoms with Crippen LogP contribution >= 0.6 is 0 Å². The zero-order chi connectivity index (χ0) is 16.4. The van der Waals surface area contributed by atoms with Gasteiger partial charge in [-0.3, -0.25) is 9.59 Å². The molecule has 6 heteroatoms. The van der Waals surface area contributed by atoms with Crippen molar-refractivity contribution in [2.24, 2.45) is 0 Å². The first-order chi connectivity index (χ1) is 10.5. The molecule has 1 N–H and O–H groups in total. The fourth-order valence-electron chi connectivity index (χ4n) is 1.64. The van der Waals surface area contributed by atoms with E-state index >= 15 is 0 Å². The number of carbonyl (C=O) groups is 3. The number of carboxylic acids is 1. The molecule has 0 amide bonds. The summed E-state index contributed by atoms with van der Waals surface area (Å²) in [6.45, 7) is 0. The zero-order valence-electron chi connectivity index (χ0n) is 12.3. The van der Waals surface area contributed by atoms with E-state index in [1.807, 2.05) is 0 Å². The third-order valence-electron chi connectivity index (χ3n) is 2.77. The van der Waals surface area contributed by atoms with Crippen LogP contribution in [0.15, 0.2) is 30.3 Å². The number of hydrogen-bond donors (Lipinski definition) is 1. The van der Waals surface area contributed by atoms with Gasteiger partial charge in [0, 0.05) is 18.9 Å². The Morgan fingerprint density at radius 1 is 1.05 bits per heavy atom. The lowest BCUT2D eigenvalue weighted by Gasteiger charge is -2.04. The second-order valence-corrected chi connectivity index (χ2v) is 4.50. The number of carboxylic acid groups (broad SMARTS) is 1. The van der Waals surface area contributed by atoms with Crippen LogP contribution in [0.1, 0.15) is 31.2 Å². The van der Waals surface area contributed by atoms with Crippen molar-refractivity contribution in [1.82, 2.24) is 0 Å². The van der Waals surface area contributed by atoms with Crippen LogP contribution in [0, 0.1) is 0 Å². The molecular formula is C16H18O6. The number of unbranched alkanes of at least 4 members (excludes halogenated alkanes) is 1. The van der Waals surface area contributed by atoms with Gasteiger partial charge in [0.15, 0.2) is 0 Å². The molecule has 0 fully saturated rings. The monoisotopic (exact) mass is 306 g/mol. The normalized spacial score (nSPS) is 10.4. The van der Waals surface area contributed by atoms with Crippen LogP contribution in [-0.4, -0.2) is 30.1 Å². The second kappa shape index (κ2) is 9.33. The molecule has 22 heavy (non-hydrogen) atoms. The SMILES string of the molecule is COC(=O)CCCCC(=O)Oc1ccc(/C=C/C(=O)O)cc1. The molecule has 1 aromatic carbocycles. The summed E-state index contributed by atoms with van der Waals surface area (Å²) in [6.07, 6.45) is 4.10. The Hall–Kier alpha value is -2.63. The van der Waals surface area contributed by atoms with Gasteiger partial charge in [-0.15, -0.1) is 0 Å². The Labute approximate surface area is 128 Å². The summed E-state index contributed by atoms with van der Waals surface area (Å²) in [5.74, 6) is -1.30. The van der Waals surface area contributed by atoms with Crippen molar-refractivity contribution in [3.8, 4) is 5.75 Å². The van der Waals surface area contributed by atoms with Crippen LogP contribution in [-0.2, 0) is 19.1 Å². The summed E-state index contributed by atoms with van der Waals surface area (Å²) in [5.41, 5.74) is 0.695. The van der Waals surface area contributed by atoms with Crippen LogP contribution < -0.4 is 4.74 Å². The second-order valence-electron chi connectivity index (χ2n) is 4.50. The van der Waals surface area contributed by atoms with Gasteiger partial charge in [0.2, 0.25) is 0 Å². The van der Waals surface area contributed by atoms with Crippen molar-refractivity contribution in [2.45, 2.75) is 25.7 Å². The van der Waals surface area contributed by atoms with Gasteiger partial charge in [-0.25, -0.2) is 4.79 Å². The number of benzene rings is 1. The first kappa shape index (κ1) is 17.4. The maximum Gasteiger partial charge on any atom is 0.328 e. The minimum Gasteiger partial charge on any atom is -0.478 e. The highest BCUT2D eigenvalue weighted by molar-refractivity contribution is 5.85. The summed E-state index contributed by atoms with van der Waals surface area (Å²) in [7, 11) is 1.33. The van der Waals surface area contributed by atoms with Gasteiger partial charge in [0.25, 0.3) is 0 Å². The number of carbonyl (C=O) groups excluding carboxylic acids is 2. The lowest BCUT2D eigenvalue weighted by molar-refractivity contribution is -0.141. The number of hydrogen-bond acceptors (Lipinski definition) is 5. The molecule has 0 unspecified atom stereocenters. The largest absolute Gasteiger partial charge is 0.478 e. The van der Waals surface area contributed by atoms with Crippen molar-refractivity contribution in [3.63, 3.8) is 0 Å². The van der Waals surface area contributed by atoms with Crippen LogP contribution in [0.3, 0.4) is 0 Å². The molecule has 0 aromatic heterocycles. The third kappa shape index (κ3) is 7.23. The van der Waals surface area contributed by atoms with Crippen molar-refractivity contribution in [2.75, 3.05) is 7.11 Å². The molecule has 118 valence electrons. The molecule has 6 nitrogen and oxygen atoms in total. The van der Waals surface area contributed by atoms with Gasteiger partial charge in [0.05, 0.1) is 7.11 Å². The topological polar surface area (TPSA) is 89.9 Å². The zero-order valence-corrected chi connectivity index (χ0v) is 12.3. The summed E-state index contributed by atoms with van der Waals surface area (Å²) in [6, 6.07) is 6.49. The standard InChI is InChI=1S/C16H18O6/c1-21-15(19)4-2-3-5-16(20)22-13-9-6-12(7-10-13)8-11-14(17)18/h6-11H,2-5H2,1H3,(H,17,18)/b11-8+. The number of rotatable bonds is 8. The molecule has 0 atom stereocenters. The van der Waals surface area contributed by atoms with Gasteiger partial charge in [-0.1, -0.05) is 12.1 Å². The smallest absolute Gasteiger partial charge is 0.328 e. The minimum absolute atomic E-state index is 0.220. The van der Waals surface area contributed by atoms with Crippen LogP contribution in [0.2, 0.25) is 0 Å². The Morgan fingerprint density at radius 2 is 1.64 bits per heavy atom. The Balaban J connectivity index is 2.35. The van der Waals surface area contributed by atoms with E-state index in [0.717, 1.165) is 6.08 Å². The van der Waals surface area contributed by atoms with E-state index in [2.05, 4.69) is 4.74 Å². The molecule has 0 aliphatic carbocycles. The average molecular weight is 306 g/mol. The quantitative estimate of drug-likeness (QED) is 0.343. The molecule has 0 aliphatic heterocycles. The molecule has 0 bridgehead atoms. The first-order valence-corrected chi connectivity index (χ1v) is 6.80. The van der Waals surface area contributed by atoms with E-state index in [-0.39, 0.29) is 24.8 Å². The molecule has 1 rings (SSSR count). The highest BCUT2D eigenvalue weighted by Crippen LogP contribution is 2.14. The molecule has 0 heterocycles. The molecule has 0 saturated carbocycles. The summed E-state index contributed by atoms with van der Waals surface area (Å²) >= 11 is 0. The number of methoxy groups -OCH3 is 1. The lowest BCUT2D eigenvalue weighted by Crippen LogP contribution is -2.08. The van der Waals surface area contributed by atoms with E-state index in [1.54, 1.807) is 24.3 Å². The van der Waals surface area contributed by atoms with E-state index in [9.17, 15) is 14.4 Å². The molecule has 0 radical (unpaired) electrons. The van der Waals surface area contributed by atoms with Gasteiger partial charge in [0.1, 0.15) is 5.75 Å². The highest BCUT2D eigenvalue weighted by atomic mass is 16.5. The maximum atomic E-state index is 11.6. The summed E-state index contributed by atoms with van der Waals surface area (Å²) in [4.78, 5) is 32.9. The molecule has 0 aliphatic rings. The van der Waals surface area contributed by atoms with Gasteiger partial charge < -0.3 is 14.6 Å². The highest BCUT2D eigenvalue weighted by Gasteiger charge is 2.06. The number of aliphatic carboxylic acids is 1. The molecule has 0 saturated heterocycles. The predicted octanol–water partition coefficient (Wildman–Crippen LogP) is 2.42. The van der Waals surface area contributed by atoms with E-state index in [4.69, 9.17) is 9.84 Å². The first-order valence-electron chi connectivity index (χ1n) is 6.80. The number of esters is 2. The summed E-state index contributed by atoms with van der Waals surface area (Å²) in [5, 5.41) is 8.52. The van der Waals surface area contributed by atoms with Crippen molar-refractivity contribution >= 4 is 24.0 Å². The fourth-order valence-corrected chi connectivity index (χ4v) is 1.64. The Bertz CT molecular complexity index is 544. The third-order valence-corrected chi connectivity index (χ3v) is 2.77. The van der Waals surface area contributed by atoms with Gasteiger partial charge in [-0.05, 0) is 36.6 Å². The van der Waals surface area contributed by atoms with E-state index < -0.39 is 5.97 Å². The molecule has 1 aromatic rings. The van der Waals surface area contributed by atoms with Gasteiger partial charge >= 0.3 is 17.9 Å². The van der Waals surface area contributed by atoms with Crippen molar-refractivity contribution < 1.29 is 29.0 Å². The number of ether oxygens (including phenoxy) is 2. The van der Waals surface area contributed by atoms with E-state index in [0.29, 0.717) is 24.2 Å². The Kier molecular flexibility index (Phi) is 7.39. The minimum atomic E-state index is -1.03. The van der Waals surface area contributed by atoms with Gasteiger partial charge in [-0.2, -0.15) is 0 Å². The van der Waals surface area contributed by atoms with E-state index in [1.165, 1.54) is 13.2 Å². The fraction of sp³-hybridized carbons (Fsp3) is 0.312. The lowest BCUT2D eigenvalue weighted by atomic mass is 10.2. The maximum absolute atomic E-state index is 11.6. The molecule has 0 spiro atoms. The average Bonchev–Trinajstić information content (AvgIpc) is 2.50. The van der Waals surface area contributed by atoms with Crippen LogP contribution in [0.25, 0.3) is 6.08 Å². The van der Waals surface area contributed by atoms with Crippen LogP contribution in [0.5, 0.6) is 5.75 Å². The molecular weight excluding hydrogens is 288 g/mol. The Morgan fingerprint density at radius 3 is 2.18 bits per heavy atom. The van der Waals surface area contributed by atoms with Crippen molar-refractivity contribution in [1.29, 1.82) is 0 Å². The predicted molar refractivity (Wildman–Crippen MR) is 79.2 cm³/mol. The van der Waals surface area contributed by atoms with Crippen molar-refractivity contribution in [3.05, 3.63) is 35.9 Å².